The summed E-state index contributed by atoms with van der Waals surface area (Å²) in [6.07, 6.45) is 3.75. The molecule has 4 rings (SSSR count). The summed E-state index contributed by atoms with van der Waals surface area (Å²) < 4.78 is 0. The smallest absolute Gasteiger partial charge is 0.276 e. The summed E-state index contributed by atoms with van der Waals surface area (Å²) in [5.41, 5.74) is 2.04. The van der Waals surface area contributed by atoms with Gasteiger partial charge < -0.3 is 4.90 Å². The number of fused-ring (bicyclic) bond motifs is 1. The van der Waals surface area contributed by atoms with Crippen molar-refractivity contribution in [2.24, 2.45) is 0 Å². The third-order valence-electron chi connectivity index (χ3n) is 5.10. The molecule has 2 saturated heterocycles. The molecule has 1 amide bonds. The molecule has 1 aromatic heterocycles. The molecule has 1 atom stereocenters. The van der Waals surface area contributed by atoms with Crippen molar-refractivity contribution in [3.05, 3.63) is 41.7 Å². The van der Waals surface area contributed by atoms with E-state index in [0.29, 0.717) is 17.4 Å². The summed E-state index contributed by atoms with van der Waals surface area (Å²) in [6, 6.07) is 10.2. The Hall–Kier alpha value is -2.21. The number of hydrogen-bond acceptors (Lipinski definition) is 4. The minimum Gasteiger partial charge on any atom is -0.334 e. The number of carbonyl (C=O) groups is 1. The summed E-state index contributed by atoms with van der Waals surface area (Å²) >= 11 is 0. The van der Waals surface area contributed by atoms with Gasteiger partial charge in [-0.2, -0.15) is 9.90 Å². The van der Waals surface area contributed by atoms with Crippen LogP contribution in [0.5, 0.6) is 0 Å². The van der Waals surface area contributed by atoms with Gasteiger partial charge in [-0.15, -0.1) is 5.10 Å². The zero-order chi connectivity index (χ0) is 16.5. The van der Waals surface area contributed by atoms with E-state index >= 15 is 0 Å². The van der Waals surface area contributed by atoms with Crippen molar-refractivity contribution < 1.29 is 4.79 Å². The number of rotatable bonds is 2. The monoisotopic (exact) mass is 325 g/mol. The fourth-order valence-corrected chi connectivity index (χ4v) is 3.74. The largest absolute Gasteiger partial charge is 0.334 e. The summed E-state index contributed by atoms with van der Waals surface area (Å²) in [5.74, 6) is 0.0138. The second-order valence-electron chi connectivity index (χ2n) is 6.70. The van der Waals surface area contributed by atoms with E-state index < -0.39 is 0 Å². The van der Waals surface area contributed by atoms with Crippen molar-refractivity contribution in [3.8, 4) is 5.69 Å². The van der Waals surface area contributed by atoms with E-state index in [9.17, 15) is 4.79 Å². The lowest BCUT2D eigenvalue weighted by atomic mass is 9.99. The van der Waals surface area contributed by atoms with Crippen LogP contribution in [0.15, 0.2) is 30.3 Å². The minimum atomic E-state index is 0.0138. The number of amides is 1. The standard InChI is InChI=1S/C18H23N5O/c1-14-17(20-23(19-14)15-7-3-2-4-8-15)18(24)22-12-11-21-10-6-5-9-16(21)13-22/h2-4,7-8,16H,5-6,9-13H2,1H3. The van der Waals surface area contributed by atoms with Crippen LogP contribution in [0.1, 0.15) is 35.4 Å². The van der Waals surface area contributed by atoms with Crippen molar-refractivity contribution in [2.45, 2.75) is 32.2 Å². The van der Waals surface area contributed by atoms with Gasteiger partial charge in [0.05, 0.1) is 11.4 Å². The highest BCUT2D eigenvalue weighted by Gasteiger charge is 2.32. The van der Waals surface area contributed by atoms with Crippen molar-refractivity contribution >= 4 is 5.91 Å². The van der Waals surface area contributed by atoms with Crippen molar-refractivity contribution in [2.75, 3.05) is 26.2 Å². The Morgan fingerprint density at radius 1 is 1.08 bits per heavy atom. The fraction of sp³-hybridized carbons (Fsp3) is 0.500. The number of benzene rings is 1. The van der Waals surface area contributed by atoms with Gasteiger partial charge in [-0.25, -0.2) is 0 Å². The van der Waals surface area contributed by atoms with Gasteiger partial charge in [0.1, 0.15) is 0 Å². The average molecular weight is 325 g/mol. The number of hydrogen-bond donors (Lipinski definition) is 0. The summed E-state index contributed by atoms with van der Waals surface area (Å²) in [5, 5.41) is 8.89. The van der Waals surface area contributed by atoms with Crippen molar-refractivity contribution in [1.29, 1.82) is 0 Å². The van der Waals surface area contributed by atoms with E-state index in [1.165, 1.54) is 25.8 Å². The van der Waals surface area contributed by atoms with Gasteiger partial charge in [0.25, 0.3) is 5.91 Å². The van der Waals surface area contributed by atoms with E-state index in [1.54, 1.807) is 4.80 Å². The van der Waals surface area contributed by atoms with Crippen molar-refractivity contribution in [3.63, 3.8) is 0 Å². The van der Waals surface area contributed by atoms with Crippen LogP contribution >= 0.6 is 0 Å². The number of nitrogens with zero attached hydrogens (tertiary/aromatic N) is 5. The molecule has 0 aliphatic carbocycles. The first-order chi connectivity index (χ1) is 11.7. The first-order valence-corrected chi connectivity index (χ1v) is 8.75. The summed E-state index contributed by atoms with van der Waals surface area (Å²) in [7, 11) is 0. The molecule has 2 aromatic rings. The van der Waals surface area contributed by atoms with E-state index in [4.69, 9.17) is 0 Å². The quantitative estimate of drug-likeness (QED) is 0.846. The van der Waals surface area contributed by atoms with Gasteiger partial charge >= 0.3 is 0 Å². The van der Waals surface area contributed by atoms with Gasteiger partial charge in [-0.1, -0.05) is 24.6 Å². The maximum atomic E-state index is 12.9. The zero-order valence-corrected chi connectivity index (χ0v) is 14.1. The molecule has 2 aliphatic rings. The number of piperazine rings is 1. The topological polar surface area (TPSA) is 54.3 Å². The van der Waals surface area contributed by atoms with E-state index in [1.807, 2.05) is 42.2 Å². The molecule has 0 saturated carbocycles. The highest BCUT2D eigenvalue weighted by Crippen LogP contribution is 2.22. The lowest BCUT2D eigenvalue weighted by Gasteiger charge is -2.43. The molecule has 0 bridgehead atoms. The third-order valence-corrected chi connectivity index (χ3v) is 5.10. The predicted octanol–water partition coefficient (Wildman–Crippen LogP) is 1.89. The van der Waals surface area contributed by atoms with Crippen LogP contribution in [0.4, 0.5) is 0 Å². The number of carbonyl (C=O) groups excluding carboxylic acids is 1. The number of aryl methyl sites for hydroxylation is 1. The highest BCUT2D eigenvalue weighted by atomic mass is 16.2. The Balaban J connectivity index is 1.53. The number of aromatic nitrogens is 3. The van der Waals surface area contributed by atoms with Gasteiger partial charge in [0.2, 0.25) is 0 Å². The zero-order valence-electron chi connectivity index (χ0n) is 14.1. The van der Waals surface area contributed by atoms with Gasteiger partial charge in [-0.05, 0) is 38.4 Å². The molecule has 24 heavy (non-hydrogen) atoms. The molecule has 3 heterocycles. The normalized spacial score (nSPS) is 21.5. The van der Waals surface area contributed by atoms with E-state index in [2.05, 4.69) is 15.1 Å². The van der Waals surface area contributed by atoms with Gasteiger partial charge in [0.15, 0.2) is 5.69 Å². The van der Waals surface area contributed by atoms with E-state index in [0.717, 1.165) is 25.3 Å². The molecule has 126 valence electrons. The Morgan fingerprint density at radius 3 is 2.75 bits per heavy atom. The Morgan fingerprint density at radius 2 is 1.92 bits per heavy atom. The Bertz CT molecular complexity index is 726. The van der Waals surface area contributed by atoms with Crippen LogP contribution in [0, 0.1) is 6.92 Å². The summed E-state index contributed by atoms with van der Waals surface area (Å²) in [4.78, 5) is 19.0. The molecule has 6 nitrogen and oxygen atoms in total. The van der Waals surface area contributed by atoms with Crippen LogP contribution in [-0.4, -0.2) is 62.9 Å². The average Bonchev–Trinajstić information content (AvgIpc) is 3.03. The van der Waals surface area contributed by atoms with Crippen LogP contribution in [0.3, 0.4) is 0 Å². The molecule has 0 N–H and O–H groups in total. The molecule has 2 fully saturated rings. The molecular weight excluding hydrogens is 302 g/mol. The maximum Gasteiger partial charge on any atom is 0.276 e. The number of piperidine rings is 1. The molecule has 6 heteroatoms. The second-order valence-corrected chi connectivity index (χ2v) is 6.70. The Labute approximate surface area is 142 Å². The minimum absolute atomic E-state index is 0.0138. The highest BCUT2D eigenvalue weighted by molar-refractivity contribution is 5.93. The molecule has 2 aliphatic heterocycles. The molecular formula is C18H23N5O. The molecule has 0 spiro atoms. The first kappa shape index (κ1) is 15.3. The Kier molecular flexibility index (Phi) is 4.06. The lowest BCUT2D eigenvalue weighted by Crippen LogP contribution is -2.56. The first-order valence-electron chi connectivity index (χ1n) is 8.75. The fourth-order valence-electron chi connectivity index (χ4n) is 3.74. The lowest BCUT2D eigenvalue weighted by molar-refractivity contribution is 0.0367. The molecule has 1 aromatic carbocycles. The van der Waals surface area contributed by atoms with Crippen LogP contribution < -0.4 is 0 Å². The molecule has 1 unspecified atom stereocenters. The van der Waals surface area contributed by atoms with Crippen LogP contribution in [0.25, 0.3) is 5.69 Å². The van der Waals surface area contributed by atoms with Gasteiger partial charge in [0, 0.05) is 25.7 Å². The van der Waals surface area contributed by atoms with Crippen molar-refractivity contribution in [1.82, 2.24) is 24.8 Å². The van der Waals surface area contributed by atoms with Crippen LogP contribution in [-0.2, 0) is 0 Å². The maximum absolute atomic E-state index is 12.9. The van der Waals surface area contributed by atoms with E-state index in [-0.39, 0.29) is 5.91 Å². The van der Waals surface area contributed by atoms with Gasteiger partial charge in [-0.3, -0.25) is 9.69 Å². The van der Waals surface area contributed by atoms with Crippen LogP contribution in [0.2, 0.25) is 0 Å². The summed E-state index contributed by atoms with van der Waals surface area (Å²) in [6.45, 7) is 5.61. The molecule has 0 radical (unpaired) electrons. The second kappa shape index (κ2) is 6.36. The third kappa shape index (κ3) is 2.82. The number of para-hydroxylation sites is 1. The predicted molar refractivity (Wildman–Crippen MR) is 91.2 cm³/mol. The SMILES string of the molecule is Cc1nn(-c2ccccc2)nc1C(=O)N1CCN2CCCCC2C1.